The van der Waals surface area contributed by atoms with Gasteiger partial charge in [0.1, 0.15) is 11.6 Å². The summed E-state index contributed by atoms with van der Waals surface area (Å²) in [6.45, 7) is 1.58. The molecule has 0 fully saturated rings. The second kappa shape index (κ2) is 16.9. The molecule has 0 saturated carbocycles. The van der Waals surface area contributed by atoms with E-state index >= 15 is 0 Å². The molecule has 0 atom stereocenters. The number of aromatic amines is 1. The van der Waals surface area contributed by atoms with E-state index in [1.165, 1.54) is 12.1 Å². The third kappa shape index (κ3) is 8.19. The molecular weight excluding hydrogens is 783 g/mol. The zero-order valence-electron chi connectivity index (χ0n) is 33.5. The van der Waals surface area contributed by atoms with Gasteiger partial charge in [-0.05, 0) is 41.5 Å². The average molecular weight is 823 g/mol. The standard InChI is InChI=1S/C23H22FN5O2.C22H18FN5O2/c1-25-27-21(18-6-4-3-5-16(18)14-30)10-15-7-8-20(24)19(9-15)23(31)29-12-17-11-26-28(2)22(17)13-29;1-27-10-14-11-28(12-20(14)26-27)22(30)17-8-13(6-7-18(17)23)9-19-15-4-2-3-5-16(15)21(29)25-24-19/h3-9,11,14,25H,10,12-13H2,1-2H3;2-8,10H,9,11-12H2,1H3,(H,25,29)/b27-21-;. The van der Waals surface area contributed by atoms with E-state index in [4.69, 9.17) is 0 Å². The lowest BCUT2D eigenvalue weighted by Gasteiger charge is -2.17. The maximum absolute atomic E-state index is 14.6. The lowest BCUT2D eigenvalue weighted by atomic mass is 9.97. The fourth-order valence-electron chi connectivity index (χ4n) is 7.78. The molecule has 3 aromatic heterocycles. The Morgan fingerprint density at radius 2 is 1.48 bits per heavy atom. The highest BCUT2D eigenvalue weighted by molar-refractivity contribution is 6.07. The molecule has 308 valence electrons. The van der Waals surface area contributed by atoms with Crippen molar-refractivity contribution in [2.24, 2.45) is 19.2 Å². The van der Waals surface area contributed by atoms with Crippen LogP contribution in [0, 0.1) is 11.6 Å². The van der Waals surface area contributed by atoms with Crippen LogP contribution in [0.1, 0.15) is 76.0 Å². The number of carbonyl (C=O) groups excluding carboxylic acids is 3. The average Bonchev–Trinajstić information content (AvgIpc) is 4.05. The lowest BCUT2D eigenvalue weighted by molar-refractivity contribution is 0.0736. The monoisotopic (exact) mass is 822 g/mol. The molecule has 0 bridgehead atoms. The number of hydrogen-bond donors (Lipinski definition) is 2. The van der Waals surface area contributed by atoms with Gasteiger partial charge in [0.2, 0.25) is 0 Å². The summed E-state index contributed by atoms with van der Waals surface area (Å²) < 4.78 is 32.5. The molecule has 0 radical (unpaired) electrons. The van der Waals surface area contributed by atoms with Crippen LogP contribution in [0.4, 0.5) is 8.78 Å². The topological polar surface area (TPSA) is 163 Å². The number of aromatic nitrogens is 6. The molecule has 9 rings (SSSR count). The highest BCUT2D eigenvalue weighted by atomic mass is 19.1. The number of nitrogens with one attached hydrogen (secondary N) is 2. The van der Waals surface area contributed by atoms with Crippen LogP contribution in [-0.2, 0) is 53.1 Å². The number of benzene rings is 4. The number of fused-ring (bicyclic) bond motifs is 3. The summed E-state index contributed by atoms with van der Waals surface area (Å²) >= 11 is 0. The fraction of sp³-hybridized carbons (Fsp3) is 0.200. The predicted octanol–water partition coefficient (Wildman–Crippen LogP) is 5.24. The Hall–Kier alpha value is -7.62. The van der Waals surface area contributed by atoms with E-state index in [1.54, 1.807) is 80.9 Å². The summed E-state index contributed by atoms with van der Waals surface area (Å²) in [7, 11) is 5.33. The molecule has 2 aliphatic heterocycles. The van der Waals surface area contributed by atoms with E-state index < -0.39 is 11.6 Å². The second-order valence-electron chi connectivity index (χ2n) is 14.9. The zero-order chi connectivity index (χ0) is 42.8. The number of halogens is 2. The van der Waals surface area contributed by atoms with Gasteiger partial charge in [-0.2, -0.15) is 20.4 Å². The van der Waals surface area contributed by atoms with E-state index in [-0.39, 0.29) is 28.5 Å². The fourth-order valence-corrected chi connectivity index (χ4v) is 7.78. The number of hydrazone groups is 1. The second-order valence-corrected chi connectivity index (χ2v) is 14.9. The molecular formula is C45H40F2N10O4. The van der Waals surface area contributed by atoms with E-state index in [1.807, 2.05) is 44.6 Å². The summed E-state index contributed by atoms with van der Waals surface area (Å²) in [5.74, 6) is -1.86. The Labute approximate surface area is 348 Å². The van der Waals surface area contributed by atoms with E-state index in [9.17, 15) is 28.0 Å². The summed E-state index contributed by atoms with van der Waals surface area (Å²) in [5, 5.41) is 20.8. The molecule has 2 N–H and O–H groups in total. The van der Waals surface area contributed by atoms with Crippen molar-refractivity contribution in [2.75, 3.05) is 7.05 Å². The Morgan fingerprint density at radius 3 is 2.18 bits per heavy atom. The van der Waals surface area contributed by atoms with Gasteiger partial charge in [-0.25, -0.2) is 13.9 Å². The predicted molar refractivity (Wildman–Crippen MR) is 223 cm³/mol. The van der Waals surface area contributed by atoms with E-state index in [0.717, 1.165) is 45.3 Å². The van der Waals surface area contributed by atoms with Crippen molar-refractivity contribution in [1.29, 1.82) is 0 Å². The van der Waals surface area contributed by atoms with E-state index in [2.05, 4.69) is 30.9 Å². The molecule has 7 aromatic rings. The number of nitrogens with zero attached hydrogens (tertiary/aromatic N) is 8. The van der Waals surface area contributed by atoms with Crippen LogP contribution in [-0.4, -0.2) is 70.4 Å². The largest absolute Gasteiger partial charge is 0.328 e. The van der Waals surface area contributed by atoms with Crippen LogP contribution in [0.2, 0.25) is 0 Å². The minimum absolute atomic E-state index is 0.0192. The molecule has 2 aliphatic rings. The summed E-state index contributed by atoms with van der Waals surface area (Å²) in [5.41, 5.74) is 10.2. The molecule has 0 aliphatic carbocycles. The molecule has 5 heterocycles. The van der Waals surface area contributed by atoms with Gasteiger partial charge in [0.25, 0.3) is 17.4 Å². The lowest BCUT2D eigenvalue weighted by Crippen LogP contribution is -2.27. The molecule has 0 spiro atoms. The molecule has 61 heavy (non-hydrogen) atoms. The van der Waals surface area contributed by atoms with Gasteiger partial charge in [-0.3, -0.25) is 28.5 Å². The third-order valence-corrected chi connectivity index (χ3v) is 10.8. The molecule has 4 aromatic carbocycles. The normalized spacial score (nSPS) is 13.2. The van der Waals surface area contributed by atoms with Crippen LogP contribution >= 0.6 is 0 Å². The molecule has 0 saturated heterocycles. The first-order valence-electron chi connectivity index (χ1n) is 19.4. The highest BCUT2D eigenvalue weighted by Crippen LogP contribution is 2.27. The van der Waals surface area contributed by atoms with Crippen LogP contribution in [0.5, 0.6) is 0 Å². The van der Waals surface area contributed by atoms with Crippen LogP contribution in [0.25, 0.3) is 10.8 Å². The molecule has 0 unspecified atom stereocenters. The van der Waals surface area contributed by atoms with Crippen LogP contribution in [0.3, 0.4) is 0 Å². The number of amides is 2. The SMILES string of the molecule is CN/N=C(/Cc1ccc(F)c(C(=O)N2Cc3cnn(C)c3C2)c1)c1ccccc1C=O.Cn1cc2c(n1)CN(C(=O)c1cc(Cc3n[nH]c(=O)c4ccccc34)ccc1F)C2. The third-order valence-electron chi connectivity index (χ3n) is 10.8. The van der Waals surface area contributed by atoms with Crippen molar-refractivity contribution in [2.45, 2.75) is 39.0 Å². The van der Waals surface area contributed by atoms with Crippen molar-refractivity contribution in [3.63, 3.8) is 0 Å². The number of carbonyl (C=O) groups is 3. The molecule has 16 heteroatoms. The van der Waals surface area contributed by atoms with Crippen molar-refractivity contribution < 1.29 is 23.2 Å². The van der Waals surface area contributed by atoms with Gasteiger partial charge in [0.05, 0.1) is 58.6 Å². The van der Waals surface area contributed by atoms with Crippen molar-refractivity contribution in [3.05, 3.63) is 181 Å². The van der Waals surface area contributed by atoms with Crippen LogP contribution in [0.15, 0.2) is 107 Å². The van der Waals surface area contributed by atoms with Crippen molar-refractivity contribution >= 4 is 34.6 Å². The maximum atomic E-state index is 14.6. The van der Waals surface area contributed by atoms with Gasteiger partial charge >= 0.3 is 0 Å². The Kier molecular flexibility index (Phi) is 11.1. The first-order chi connectivity index (χ1) is 29.5. The van der Waals surface area contributed by atoms with Gasteiger partial charge in [-0.1, -0.05) is 54.6 Å². The minimum Gasteiger partial charge on any atom is -0.328 e. The van der Waals surface area contributed by atoms with Gasteiger partial charge < -0.3 is 15.2 Å². The summed E-state index contributed by atoms with van der Waals surface area (Å²) in [6, 6.07) is 23.3. The quantitative estimate of drug-likeness (QED) is 0.114. The van der Waals surface area contributed by atoms with E-state index in [0.29, 0.717) is 66.9 Å². The molecule has 2 amide bonds. The van der Waals surface area contributed by atoms with Crippen LogP contribution < -0.4 is 11.0 Å². The molecule has 14 nitrogen and oxygen atoms in total. The number of rotatable bonds is 9. The summed E-state index contributed by atoms with van der Waals surface area (Å²) in [4.78, 5) is 52.6. The Morgan fingerprint density at radius 1 is 0.820 bits per heavy atom. The smallest absolute Gasteiger partial charge is 0.272 e. The number of H-pyrrole nitrogens is 1. The van der Waals surface area contributed by atoms with Gasteiger partial charge in [-0.15, -0.1) is 0 Å². The first-order valence-corrected chi connectivity index (χ1v) is 19.4. The van der Waals surface area contributed by atoms with Crippen molar-refractivity contribution in [1.82, 2.24) is 45.0 Å². The Balaban J connectivity index is 0.000000168. The Bertz CT molecular complexity index is 2910. The van der Waals surface area contributed by atoms with Crippen molar-refractivity contribution in [3.8, 4) is 0 Å². The minimum atomic E-state index is -0.566. The zero-order valence-corrected chi connectivity index (χ0v) is 33.5. The maximum Gasteiger partial charge on any atom is 0.272 e. The number of aldehydes is 1. The summed E-state index contributed by atoms with van der Waals surface area (Å²) in [6.07, 6.45) is 5.08. The number of hydrogen-bond acceptors (Lipinski definition) is 9. The van der Waals surface area contributed by atoms with Gasteiger partial charge in [0, 0.05) is 80.9 Å². The van der Waals surface area contributed by atoms with Gasteiger partial charge in [0.15, 0.2) is 6.29 Å². The number of aryl methyl sites for hydroxylation is 2. The first kappa shape index (κ1) is 40.2. The highest BCUT2D eigenvalue weighted by Gasteiger charge is 2.30.